The molecule has 3 aromatic rings. The fraction of sp³-hybridized carbons (Fsp3) is 0.500. The lowest BCUT2D eigenvalue weighted by molar-refractivity contribution is -0.122. The average molecular weight is 435 g/mol. The number of likely N-dealkylation sites (tertiary alicyclic amines) is 1. The SMILES string of the molecule is Cc1cc(NC(=O)C(c2ccccc2)N2CCCC(c3nnc4n3CCCCC4)C2)no1. The molecule has 2 unspecified atom stereocenters. The molecule has 1 N–H and O–H groups in total. The highest BCUT2D eigenvalue weighted by Gasteiger charge is 2.34. The largest absolute Gasteiger partial charge is 0.360 e. The number of fused-ring (bicyclic) bond motifs is 1. The quantitative estimate of drug-likeness (QED) is 0.656. The summed E-state index contributed by atoms with van der Waals surface area (Å²) in [6.45, 7) is 4.46. The molecule has 1 amide bonds. The first-order chi connectivity index (χ1) is 15.7. The summed E-state index contributed by atoms with van der Waals surface area (Å²) in [5, 5.41) is 16.0. The number of hydrogen-bond acceptors (Lipinski definition) is 6. The first kappa shape index (κ1) is 20.9. The second kappa shape index (κ2) is 9.24. The number of nitrogens with one attached hydrogen (secondary N) is 1. The second-order valence-corrected chi connectivity index (χ2v) is 8.90. The van der Waals surface area contributed by atoms with Crippen LogP contribution >= 0.6 is 0 Å². The van der Waals surface area contributed by atoms with E-state index < -0.39 is 6.04 Å². The predicted octanol–water partition coefficient (Wildman–Crippen LogP) is 3.86. The number of hydrogen-bond donors (Lipinski definition) is 1. The zero-order valence-electron chi connectivity index (χ0n) is 18.5. The summed E-state index contributed by atoms with van der Waals surface area (Å²) in [5.74, 6) is 3.51. The van der Waals surface area contributed by atoms with Crippen LogP contribution in [0.4, 0.5) is 5.82 Å². The van der Waals surface area contributed by atoms with Crippen molar-refractivity contribution in [1.29, 1.82) is 0 Å². The van der Waals surface area contributed by atoms with Crippen LogP contribution in [0.3, 0.4) is 0 Å². The fourth-order valence-electron chi connectivity index (χ4n) is 5.04. The average Bonchev–Trinajstić information content (AvgIpc) is 3.33. The minimum absolute atomic E-state index is 0.0924. The molecule has 2 atom stereocenters. The number of carbonyl (C=O) groups is 1. The molecule has 0 saturated carbocycles. The van der Waals surface area contributed by atoms with Gasteiger partial charge < -0.3 is 14.4 Å². The highest BCUT2D eigenvalue weighted by Crippen LogP contribution is 2.33. The van der Waals surface area contributed by atoms with Gasteiger partial charge in [0.1, 0.15) is 23.5 Å². The maximum absolute atomic E-state index is 13.4. The van der Waals surface area contributed by atoms with Crippen LogP contribution in [0.15, 0.2) is 40.9 Å². The van der Waals surface area contributed by atoms with Crippen LogP contribution in [0.2, 0.25) is 0 Å². The normalized spacial score (nSPS) is 20.3. The Morgan fingerprint density at radius 1 is 1.12 bits per heavy atom. The van der Waals surface area contributed by atoms with Gasteiger partial charge in [0.05, 0.1) is 0 Å². The number of benzene rings is 1. The van der Waals surface area contributed by atoms with E-state index in [-0.39, 0.29) is 11.8 Å². The van der Waals surface area contributed by atoms with Crippen molar-refractivity contribution in [2.45, 2.75) is 64.0 Å². The van der Waals surface area contributed by atoms with E-state index >= 15 is 0 Å². The maximum atomic E-state index is 13.4. The van der Waals surface area contributed by atoms with Gasteiger partial charge in [-0.1, -0.05) is 41.9 Å². The molecule has 1 fully saturated rings. The Kier molecular flexibility index (Phi) is 6.03. The molecule has 32 heavy (non-hydrogen) atoms. The Morgan fingerprint density at radius 2 is 2.00 bits per heavy atom. The van der Waals surface area contributed by atoms with Crippen molar-refractivity contribution in [2.24, 2.45) is 0 Å². The van der Waals surface area contributed by atoms with Gasteiger partial charge in [-0.2, -0.15) is 0 Å². The molecular formula is C24H30N6O2. The Bertz CT molecular complexity index is 1060. The molecule has 168 valence electrons. The van der Waals surface area contributed by atoms with Gasteiger partial charge in [-0.15, -0.1) is 10.2 Å². The first-order valence-electron chi connectivity index (χ1n) is 11.6. The Morgan fingerprint density at radius 3 is 2.81 bits per heavy atom. The molecule has 0 radical (unpaired) electrons. The topological polar surface area (TPSA) is 89.1 Å². The van der Waals surface area contributed by atoms with Crippen LogP contribution in [0.5, 0.6) is 0 Å². The number of aromatic nitrogens is 4. The van der Waals surface area contributed by atoms with Crippen LogP contribution < -0.4 is 5.32 Å². The van der Waals surface area contributed by atoms with Crippen LogP contribution in [0.25, 0.3) is 0 Å². The van der Waals surface area contributed by atoms with Crippen molar-refractivity contribution < 1.29 is 9.32 Å². The molecule has 2 aliphatic rings. The molecule has 0 spiro atoms. The van der Waals surface area contributed by atoms with Gasteiger partial charge in [-0.3, -0.25) is 9.69 Å². The smallest absolute Gasteiger partial charge is 0.247 e. The molecule has 0 bridgehead atoms. The standard InChI is InChI=1S/C24H30N6O2/c1-17-15-20(28-32-17)25-24(31)22(18-9-4-2-5-10-18)29-13-8-11-19(16-29)23-27-26-21-12-6-3-7-14-30(21)23/h2,4-5,9-10,15,19,22H,3,6-8,11-14,16H2,1H3,(H,25,28,31). The Hall–Kier alpha value is -3.00. The van der Waals surface area contributed by atoms with Crippen molar-refractivity contribution in [3.05, 3.63) is 59.4 Å². The monoisotopic (exact) mass is 434 g/mol. The molecule has 8 heteroatoms. The van der Waals surface area contributed by atoms with E-state index in [0.717, 1.165) is 56.1 Å². The number of rotatable bonds is 5. The molecule has 4 heterocycles. The van der Waals surface area contributed by atoms with E-state index in [2.05, 4.69) is 30.1 Å². The lowest BCUT2D eigenvalue weighted by atomic mass is 9.93. The van der Waals surface area contributed by atoms with Gasteiger partial charge in [0, 0.05) is 31.5 Å². The number of amides is 1. The van der Waals surface area contributed by atoms with Gasteiger partial charge in [0.25, 0.3) is 0 Å². The summed E-state index contributed by atoms with van der Waals surface area (Å²) in [6, 6.07) is 11.3. The van der Waals surface area contributed by atoms with Gasteiger partial charge in [0.2, 0.25) is 5.91 Å². The minimum atomic E-state index is -0.400. The van der Waals surface area contributed by atoms with E-state index in [1.807, 2.05) is 37.3 Å². The lowest BCUT2D eigenvalue weighted by Crippen LogP contribution is -2.43. The zero-order chi connectivity index (χ0) is 21.9. The zero-order valence-corrected chi connectivity index (χ0v) is 18.5. The highest BCUT2D eigenvalue weighted by atomic mass is 16.5. The summed E-state index contributed by atoms with van der Waals surface area (Å²) in [5.41, 5.74) is 0.978. The molecule has 2 aromatic heterocycles. The third-order valence-corrected chi connectivity index (χ3v) is 6.56. The molecule has 1 saturated heterocycles. The highest BCUT2D eigenvalue weighted by molar-refractivity contribution is 5.94. The summed E-state index contributed by atoms with van der Waals surface area (Å²) in [7, 11) is 0. The lowest BCUT2D eigenvalue weighted by Gasteiger charge is -2.37. The third kappa shape index (κ3) is 4.32. The molecule has 1 aromatic carbocycles. The van der Waals surface area contributed by atoms with Crippen LogP contribution in [0, 0.1) is 6.92 Å². The van der Waals surface area contributed by atoms with E-state index in [0.29, 0.717) is 11.6 Å². The minimum Gasteiger partial charge on any atom is -0.360 e. The number of anilines is 1. The van der Waals surface area contributed by atoms with Crippen LogP contribution in [0.1, 0.15) is 67.0 Å². The molecule has 8 nitrogen and oxygen atoms in total. The van der Waals surface area contributed by atoms with Crippen molar-refractivity contribution in [3.63, 3.8) is 0 Å². The molecular weight excluding hydrogens is 404 g/mol. The summed E-state index contributed by atoms with van der Waals surface area (Å²) < 4.78 is 7.47. The molecule has 5 rings (SSSR count). The summed E-state index contributed by atoms with van der Waals surface area (Å²) >= 11 is 0. The molecule has 2 aliphatic heterocycles. The first-order valence-corrected chi connectivity index (χ1v) is 11.6. The van der Waals surface area contributed by atoms with Crippen molar-refractivity contribution in [2.75, 3.05) is 18.4 Å². The fourth-order valence-corrected chi connectivity index (χ4v) is 5.04. The van der Waals surface area contributed by atoms with Gasteiger partial charge in [-0.05, 0) is 44.7 Å². The van der Waals surface area contributed by atoms with E-state index in [4.69, 9.17) is 4.52 Å². The Balaban J connectivity index is 1.40. The van der Waals surface area contributed by atoms with Crippen molar-refractivity contribution in [3.8, 4) is 0 Å². The van der Waals surface area contributed by atoms with Crippen molar-refractivity contribution in [1.82, 2.24) is 24.8 Å². The van der Waals surface area contributed by atoms with E-state index in [1.165, 1.54) is 19.3 Å². The maximum Gasteiger partial charge on any atom is 0.247 e. The number of piperidine rings is 1. The second-order valence-electron chi connectivity index (χ2n) is 8.90. The van der Waals surface area contributed by atoms with Crippen molar-refractivity contribution >= 4 is 11.7 Å². The number of nitrogens with zero attached hydrogens (tertiary/aromatic N) is 5. The molecule has 0 aliphatic carbocycles. The number of carbonyl (C=O) groups excluding carboxylic acids is 1. The van der Waals surface area contributed by atoms with E-state index in [9.17, 15) is 4.79 Å². The third-order valence-electron chi connectivity index (χ3n) is 6.56. The van der Waals surface area contributed by atoms with Gasteiger partial charge in [0.15, 0.2) is 5.82 Å². The van der Waals surface area contributed by atoms with Gasteiger partial charge in [-0.25, -0.2) is 0 Å². The van der Waals surface area contributed by atoms with Gasteiger partial charge >= 0.3 is 0 Å². The van der Waals surface area contributed by atoms with Crippen LogP contribution in [-0.4, -0.2) is 43.8 Å². The van der Waals surface area contributed by atoms with Crippen LogP contribution in [-0.2, 0) is 17.8 Å². The number of aryl methyl sites for hydroxylation is 2. The predicted molar refractivity (Wildman–Crippen MR) is 120 cm³/mol. The van der Waals surface area contributed by atoms with E-state index in [1.54, 1.807) is 6.07 Å². The Labute approximate surface area is 188 Å². The summed E-state index contributed by atoms with van der Waals surface area (Å²) in [6.07, 6.45) is 6.72. The summed E-state index contributed by atoms with van der Waals surface area (Å²) in [4.78, 5) is 15.7.